The van der Waals surface area contributed by atoms with E-state index in [4.69, 9.17) is 32.7 Å². The van der Waals surface area contributed by atoms with E-state index in [-0.39, 0.29) is 24.0 Å². The number of rotatable bonds is 9. The molecule has 0 aromatic heterocycles. The lowest BCUT2D eigenvalue weighted by Gasteiger charge is -2.37. The van der Waals surface area contributed by atoms with Crippen LogP contribution in [-0.2, 0) is 11.4 Å². The van der Waals surface area contributed by atoms with Crippen molar-refractivity contribution < 1.29 is 23.7 Å². The van der Waals surface area contributed by atoms with Gasteiger partial charge in [0.15, 0.2) is 0 Å². The molecule has 1 aliphatic heterocycles. The molecule has 12 heteroatoms. The molecule has 0 aliphatic carbocycles. The molecule has 1 heterocycles. The smallest absolute Gasteiger partial charge is 0.415 e. The van der Waals surface area contributed by atoms with Gasteiger partial charge in [0, 0.05) is 48.2 Å². The minimum atomic E-state index is -1.40. The summed E-state index contributed by atoms with van der Waals surface area (Å²) in [6.07, 6.45) is 2.27. The van der Waals surface area contributed by atoms with Crippen molar-refractivity contribution in [2.45, 2.75) is 44.4 Å². The van der Waals surface area contributed by atoms with Gasteiger partial charge >= 0.3 is 6.09 Å². The maximum atomic E-state index is 13.2. The first-order valence-corrected chi connectivity index (χ1v) is 13.9. The molecular formula is C26H31Cl2N3O6S. The Morgan fingerprint density at radius 1 is 1.24 bits per heavy atom. The van der Waals surface area contributed by atoms with Gasteiger partial charge in [0.1, 0.15) is 22.9 Å². The quantitative estimate of drug-likeness (QED) is 0.155. The van der Waals surface area contributed by atoms with E-state index in [0.717, 1.165) is 5.56 Å². The third-order valence-electron chi connectivity index (χ3n) is 6.06. The van der Waals surface area contributed by atoms with Crippen LogP contribution in [0, 0.1) is 16.0 Å². The molecule has 206 valence electrons. The van der Waals surface area contributed by atoms with Gasteiger partial charge in [-0.1, -0.05) is 35.9 Å². The Labute approximate surface area is 235 Å². The number of hydrogen-bond acceptors (Lipinski definition) is 7. The highest BCUT2D eigenvalue weighted by molar-refractivity contribution is 7.90. The van der Waals surface area contributed by atoms with Gasteiger partial charge in [-0.3, -0.25) is 10.1 Å². The molecule has 3 rings (SSSR count). The minimum Gasteiger partial charge on any atom is -0.598 e. The Hall–Kier alpha value is -2.50. The molecule has 0 saturated carbocycles. The first kappa shape index (κ1) is 30.0. The molecule has 1 N–H and O–H groups in total. The van der Waals surface area contributed by atoms with Gasteiger partial charge in [-0.25, -0.2) is 4.79 Å². The van der Waals surface area contributed by atoms with Crippen LogP contribution in [0.1, 0.15) is 45.2 Å². The third kappa shape index (κ3) is 7.77. The lowest BCUT2D eigenvalue weighted by Crippen LogP contribution is -2.47. The van der Waals surface area contributed by atoms with Gasteiger partial charge in [-0.05, 0) is 57.7 Å². The van der Waals surface area contributed by atoms with Crippen molar-refractivity contribution in [2.75, 3.05) is 19.7 Å². The summed E-state index contributed by atoms with van der Waals surface area (Å²) in [6, 6.07) is 8.33. The minimum absolute atomic E-state index is 0.00644. The molecule has 2 aromatic carbocycles. The summed E-state index contributed by atoms with van der Waals surface area (Å²) in [4.78, 5) is 24.6. The van der Waals surface area contributed by atoms with E-state index in [1.807, 2.05) is 20.8 Å². The van der Waals surface area contributed by atoms with Gasteiger partial charge in [0.2, 0.25) is 0 Å². The van der Waals surface area contributed by atoms with Gasteiger partial charge in [0.05, 0.1) is 21.0 Å². The van der Waals surface area contributed by atoms with Crippen LogP contribution in [-0.4, -0.2) is 44.9 Å². The number of nitro groups is 1. The average Bonchev–Trinajstić information content (AvgIpc) is 2.87. The SMILES string of the molecule is C=CCOc1cc(Cl)c(Cl)cc1C(N[S@@+]([O-])C(C)(C)C)C1CCN(C(=O)Oc2ccc([N+](=O)[O-])cc2)CC1. The molecule has 0 bridgehead atoms. The molecule has 2 atom stereocenters. The molecule has 0 radical (unpaired) electrons. The maximum absolute atomic E-state index is 13.2. The highest BCUT2D eigenvalue weighted by Gasteiger charge is 2.37. The van der Waals surface area contributed by atoms with Crippen LogP contribution in [0.5, 0.6) is 11.5 Å². The second kappa shape index (κ2) is 13.0. The van der Waals surface area contributed by atoms with Crippen molar-refractivity contribution in [3.05, 3.63) is 74.8 Å². The Balaban J connectivity index is 1.78. The summed E-state index contributed by atoms with van der Waals surface area (Å²) in [5, 5.41) is 11.5. The van der Waals surface area contributed by atoms with E-state index < -0.39 is 33.2 Å². The van der Waals surface area contributed by atoms with Crippen LogP contribution in [0.3, 0.4) is 0 Å². The molecule has 2 aromatic rings. The predicted molar refractivity (Wildman–Crippen MR) is 149 cm³/mol. The number of carbonyl (C=O) groups is 1. The normalized spacial score (nSPS) is 16.0. The summed E-state index contributed by atoms with van der Waals surface area (Å²) in [5.41, 5.74) is 0.640. The van der Waals surface area contributed by atoms with Crippen LogP contribution in [0.2, 0.25) is 10.0 Å². The van der Waals surface area contributed by atoms with E-state index in [9.17, 15) is 19.5 Å². The van der Waals surface area contributed by atoms with Gasteiger partial charge < -0.3 is 18.9 Å². The van der Waals surface area contributed by atoms with Gasteiger partial charge in [-0.2, -0.15) is 0 Å². The highest BCUT2D eigenvalue weighted by atomic mass is 35.5. The Bertz CT molecular complexity index is 1150. The molecule has 1 amide bonds. The highest BCUT2D eigenvalue weighted by Crippen LogP contribution is 2.41. The van der Waals surface area contributed by atoms with E-state index in [1.165, 1.54) is 24.3 Å². The molecule has 0 spiro atoms. The zero-order chi connectivity index (χ0) is 28.0. The first-order valence-electron chi connectivity index (χ1n) is 12.0. The number of amides is 1. The zero-order valence-corrected chi connectivity index (χ0v) is 23.8. The Morgan fingerprint density at radius 2 is 1.84 bits per heavy atom. The molecule has 1 unspecified atom stereocenters. The van der Waals surface area contributed by atoms with E-state index >= 15 is 0 Å². The number of halogens is 2. The number of nitrogens with zero attached hydrogens (tertiary/aromatic N) is 2. The van der Waals surface area contributed by atoms with Crippen molar-refractivity contribution in [3.8, 4) is 11.5 Å². The van der Waals surface area contributed by atoms with Crippen LogP contribution in [0.4, 0.5) is 10.5 Å². The molecular weight excluding hydrogens is 553 g/mol. The van der Waals surface area contributed by atoms with Gasteiger partial charge in [-0.15, -0.1) is 4.72 Å². The number of carbonyl (C=O) groups excluding carboxylic acids is 1. The lowest BCUT2D eigenvalue weighted by molar-refractivity contribution is -0.384. The number of nitro benzene ring substituents is 1. The Kier molecular flexibility index (Phi) is 10.3. The summed E-state index contributed by atoms with van der Waals surface area (Å²) in [5.74, 6) is 0.735. The van der Waals surface area contributed by atoms with Crippen LogP contribution < -0.4 is 14.2 Å². The summed E-state index contributed by atoms with van der Waals surface area (Å²) >= 11 is 11.2. The predicted octanol–water partition coefficient (Wildman–Crippen LogP) is 6.47. The third-order valence-corrected chi connectivity index (χ3v) is 8.36. The second-order valence-electron chi connectivity index (χ2n) is 9.82. The van der Waals surface area contributed by atoms with Crippen LogP contribution >= 0.6 is 23.2 Å². The van der Waals surface area contributed by atoms with E-state index in [1.54, 1.807) is 23.1 Å². The number of piperidine rings is 1. The largest absolute Gasteiger partial charge is 0.598 e. The first-order chi connectivity index (χ1) is 17.9. The molecule has 9 nitrogen and oxygen atoms in total. The summed E-state index contributed by atoms with van der Waals surface area (Å²) < 4.78 is 27.2. The summed E-state index contributed by atoms with van der Waals surface area (Å²) in [7, 11) is 0. The van der Waals surface area contributed by atoms with Crippen molar-refractivity contribution in [1.29, 1.82) is 0 Å². The number of non-ortho nitro benzene ring substituents is 1. The number of benzene rings is 2. The number of likely N-dealkylation sites (tertiary alicyclic amines) is 1. The maximum Gasteiger partial charge on any atom is 0.415 e. The topological polar surface area (TPSA) is 117 Å². The van der Waals surface area contributed by atoms with Crippen molar-refractivity contribution in [1.82, 2.24) is 9.62 Å². The van der Waals surface area contributed by atoms with Gasteiger partial charge in [0.25, 0.3) is 5.69 Å². The fourth-order valence-corrected chi connectivity index (χ4v) is 5.21. The van der Waals surface area contributed by atoms with Crippen molar-refractivity contribution in [2.24, 2.45) is 5.92 Å². The number of hydrogen-bond donors (Lipinski definition) is 1. The lowest BCUT2D eigenvalue weighted by atomic mass is 9.85. The standard InChI is InChI=1S/C26H31Cl2N3O6S/c1-5-14-36-23-16-22(28)21(27)15-20(23)24(29-38(35)26(2,3)4)17-10-12-30(13-11-17)25(32)37-19-8-6-18(7-9-19)31(33)34/h5-9,15-17,24,29H,1,10-14H2,2-4H3/t24?,38-/m0/s1. The zero-order valence-electron chi connectivity index (χ0n) is 21.4. The second-order valence-corrected chi connectivity index (χ2v) is 12.6. The molecule has 1 fully saturated rings. The fraction of sp³-hybridized carbons (Fsp3) is 0.423. The molecule has 38 heavy (non-hydrogen) atoms. The van der Waals surface area contributed by atoms with Crippen molar-refractivity contribution >= 4 is 46.3 Å². The number of ether oxygens (including phenoxy) is 2. The fourth-order valence-electron chi connectivity index (χ4n) is 3.98. The van der Waals surface area contributed by atoms with Crippen LogP contribution in [0.15, 0.2) is 49.1 Å². The molecule has 1 aliphatic rings. The number of nitrogens with one attached hydrogen (secondary N) is 1. The molecule has 1 saturated heterocycles. The summed E-state index contributed by atoms with van der Waals surface area (Å²) in [6.45, 7) is 10.4. The van der Waals surface area contributed by atoms with Crippen LogP contribution in [0.25, 0.3) is 0 Å². The Morgan fingerprint density at radius 3 is 2.39 bits per heavy atom. The van der Waals surface area contributed by atoms with E-state index in [2.05, 4.69) is 11.3 Å². The monoisotopic (exact) mass is 583 g/mol. The average molecular weight is 585 g/mol. The van der Waals surface area contributed by atoms with E-state index in [0.29, 0.717) is 41.7 Å². The van der Waals surface area contributed by atoms with Crippen molar-refractivity contribution in [3.63, 3.8) is 0 Å².